The predicted octanol–water partition coefficient (Wildman–Crippen LogP) is 1.42. The van der Waals surface area contributed by atoms with E-state index in [0.717, 1.165) is 24.5 Å². The maximum absolute atomic E-state index is 10.1. The van der Waals surface area contributed by atoms with E-state index in [2.05, 4.69) is 5.16 Å². The third-order valence-electron chi connectivity index (χ3n) is 4.32. The van der Waals surface area contributed by atoms with Crippen LogP contribution in [0, 0.1) is 23.7 Å². The first-order valence-electron chi connectivity index (χ1n) is 5.58. The molecular weight excluding hydrogens is 178 g/mol. The average molecular weight is 195 g/mol. The third kappa shape index (κ3) is 1.05. The number of aliphatic hydroxyl groups is 1. The fraction of sp³-hybridized carbons (Fsp3) is 0.909. The Balaban J connectivity index is 1.93. The first-order valence-corrected chi connectivity index (χ1v) is 5.58. The second-order valence-electron chi connectivity index (χ2n) is 5.06. The van der Waals surface area contributed by atoms with Crippen LogP contribution in [0.15, 0.2) is 5.16 Å². The summed E-state index contributed by atoms with van der Waals surface area (Å²) in [6, 6.07) is 0. The summed E-state index contributed by atoms with van der Waals surface area (Å²) in [6.07, 6.45) is 4.65. The number of nitrogens with zero attached hydrogens (tertiary/aromatic N) is 1. The fourth-order valence-corrected chi connectivity index (χ4v) is 3.87. The SMILES string of the molecule is CO/N=C1\C2CC3CC(C2)[C@@H](O)C1C3. The van der Waals surface area contributed by atoms with Crippen LogP contribution in [0.4, 0.5) is 0 Å². The summed E-state index contributed by atoms with van der Waals surface area (Å²) in [5, 5.41) is 14.2. The minimum Gasteiger partial charge on any atom is -0.399 e. The molecule has 4 fully saturated rings. The molecule has 3 heteroatoms. The number of rotatable bonds is 1. The molecule has 0 aliphatic heterocycles. The Kier molecular flexibility index (Phi) is 1.84. The van der Waals surface area contributed by atoms with Crippen LogP contribution < -0.4 is 0 Å². The van der Waals surface area contributed by atoms with E-state index < -0.39 is 0 Å². The standard InChI is InChI=1S/C11H17NO2/c1-14-12-10-7-2-6-3-8(5-7)11(13)9(10)4-6/h6-9,11,13H,2-5H2,1H3/b12-10+/t6?,7?,8?,9?,11-/m1/s1. The van der Waals surface area contributed by atoms with Gasteiger partial charge in [-0.3, -0.25) is 0 Å². The molecule has 1 N–H and O–H groups in total. The molecule has 4 unspecified atom stereocenters. The molecule has 3 nitrogen and oxygen atoms in total. The first-order chi connectivity index (χ1) is 6.79. The molecule has 0 spiro atoms. The van der Waals surface area contributed by atoms with Gasteiger partial charge in [0.1, 0.15) is 7.11 Å². The summed E-state index contributed by atoms with van der Waals surface area (Å²) >= 11 is 0. The second kappa shape index (κ2) is 2.96. The zero-order chi connectivity index (χ0) is 9.71. The lowest BCUT2D eigenvalue weighted by Crippen LogP contribution is -2.54. The van der Waals surface area contributed by atoms with Crippen molar-refractivity contribution in [2.75, 3.05) is 7.11 Å². The molecule has 78 valence electrons. The monoisotopic (exact) mass is 195 g/mol. The maximum Gasteiger partial charge on any atom is 0.106 e. The lowest BCUT2D eigenvalue weighted by atomic mass is 9.54. The van der Waals surface area contributed by atoms with Gasteiger partial charge in [-0.15, -0.1) is 0 Å². The third-order valence-corrected chi connectivity index (χ3v) is 4.32. The van der Waals surface area contributed by atoms with E-state index >= 15 is 0 Å². The lowest BCUT2D eigenvalue weighted by molar-refractivity contribution is -0.0348. The highest BCUT2D eigenvalue weighted by atomic mass is 16.6. The summed E-state index contributed by atoms with van der Waals surface area (Å²) < 4.78 is 0. The largest absolute Gasteiger partial charge is 0.399 e. The summed E-state index contributed by atoms with van der Waals surface area (Å²) in [5.74, 6) is 2.32. The molecule has 0 saturated heterocycles. The Bertz CT molecular complexity index is 276. The van der Waals surface area contributed by atoms with Gasteiger partial charge in [0.15, 0.2) is 0 Å². The van der Waals surface area contributed by atoms with E-state index in [1.165, 1.54) is 12.8 Å². The molecule has 4 aliphatic carbocycles. The summed E-state index contributed by atoms with van der Waals surface area (Å²) in [7, 11) is 1.60. The molecule has 0 heterocycles. The molecule has 0 radical (unpaired) electrons. The average Bonchev–Trinajstić information content (AvgIpc) is 2.18. The molecule has 0 amide bonds. The minimum atomic E-state index is -0.142. The molecule has 4 rings (SSSR count). The Morgan fingerprint density at radius 1 is 1.29 bits per heavy atom. The van der Waals surface area contributed by atoms with Crippen LogP contribution in [0.25, 0.3) is 0 Å². The molecule has 0 aromatic heterocycles. The second-order valence-corrected chi connectivity index (χ2v) is 5.06. The van der Waals surface area contributed by atoms with Crippen molar-refractivity contribution in [1.29, 1.82) is 0 Å². The van der Waals surface area contributed by atoms with Gasteiger partial charge >= 0.3 is 0 Å². The molecule has 4 saturated carbocycles. The van der Waals surface area contributed by atoms with E-state index in [1.54, 1.807) is 7.11 Å². The van der Waals surface area contributed by atoms with Crippen LogP contribution in [0.3, 0.4) is 0 Å². The van der Waals surface area contributed by atoms with E-state index in [0.29, 0.717) is 17.8 Å². The number of oxime groups is 1. The maximum atomic E-state index is 10.1. The molecule has 0 aromatic carbocycles. The normalized spacial score (nSPS) is 52.7. The fourth-order valence-electron chi connectivity index (χ4n) is 3.87. The lowest BCUT2D eigenvalue weighted by Gasteiger charge is -2.52. The van der Waals surface area contributed by atoms with Crippen molar-refractivity contribution in [2.24, 2.45) is 28.8 Å². The van der Waals surface area contributed by atoms with Crippen LogP contribution in [0.2, 0.25) is 0 Å². The van der Waals surface area contributed by atoms with Crippen molar-refractivity contribution >= 4 is 5.71 Å². The highest BCUT2D eigenvalue weighted by Crippen LogP contribution is 2.52. The zero-order valence-corrected chi connectivity index (χ0v) is 8.52. The smallest absolute Gasteiger partial charge is 0.106 e. The molecular formula is C11H17NO2. The summed E-state index contributed by atoms with van der Waals surface area (Å²) in [5.41, 5.74) is 1.15. The van der Waals surface area contributed by atoms with Crippen molar-refractivity contribution in [3.63, 3.8) is 0 Å². The van der Waals surface area contributed by atoms with Gasteiger partial charge in [0.05, 0.1) is 11.8 Å². The van der Waals surface area contributed by atoms with Crippen molar-refractivity contribution in [3.05, 3.63) is 0 Å². The Hall–Kier alpha value is -0.570. The van der Waals surface area contributed by atoms with E-state index in [-0.39, 0.29) is 6.10 Å². The van der Waals surface area contributed by atoms with E-state index in [9.17, 15) is 5.11 Å². The molecule has 0 aromatic rings. The summed E-state index contributed by atoms with van der Waals surface area (Å²) in [4.78, 5) is 4.89. The zero-order valence-electron chi connectivity index (χ0n) is 8.52. The first kappa shape index (κ1) is 8.72. The Morgan fingerprint density at radius 2 is 2.14 bits per heavy atom. The van der Waals surface area contributed by atoms with Crippen molar-refractivity contribution in [1.82, 2.24) is 0 Å². The Labute approximate surface area is 84.1 Å². The molecule has 14 heavy (non-hydrogen) atoms. The van der Waals surface area contributed by atoms with Gasteiger partial charge in [0, 0.05) is 11.8 Å². The van der Waals surface area contributed by atoms with Gasteiger partial charge in [-0.25, -0.2) is 0 Å². The van der Waals surface area contributed by atoms with E-state index in [1.807, 2.05) is 0 Å². The van der Waals surface area contributed by atoms with Gasteiger partial charge in [0.2, 0.25) is 0 Å². The van der Waals surface area contributed by atoms with Gasteiger partial charge in [-0.2, -0.15) is 0 Å². The Morgan fingerprint density at radius 3 is 2.93 bits per heavy atom. The van der Waals surface area contributed by atoms with Crippen LogP contribution in [0.1, 0.15) is 25.7 Å². The molecule has 5 atom stereocenters. The molecule has 4 bridgehead atoms. The summed E-state index contributed by atoms with van der Waals surface area (Å²) in [6.45, 7) is 0. The van der Waals surface area contributed by atoms with Crippen LogP contribution in [0.5, 0.6) is 0 Å². The number of hydrogen-bond donors (Lipinski definition) is 1. The van der Waals surface area contributed by atoms with Gasteiger partial charge < -0.3 is 9.94 Å². The van der Waals surface area contributed by atoms with Gasteiger partial charge in [0.25, 0.3) is 0 Å². The topological polar surface area (TPSA) is 41.8 Å². The van der Waals surface area contributed by atoms with E-state index in [4.69, 9.17) is 4.84 Å². The minimum absolute atomic E-state index is 0.142. The highest BCUT2D eigenvalue weighted by molar-refractivity contribution is 5.91. The number of hydrogen-bond acceptors (Lipinski definition) is 3. The van der Waals surface area contributed by atoms with Gasteiger partial charge in [-0.05, 0) is 37.5 Å². The van der Waals surface area contributed by atoms with Crippen molar-refractivity contribution in [3.8, 4) is 0 Å². The molecule has 4 aliphatic rings. The predicted molar refractivity (Wildman–Crippen MR) is 52.9 cm³/mol. The highest BCUT2D eigenvalue weighted by Gasteiger charge is 2.51. The van der Waals surface area contributed by atoms with Crippen LogP contribution >= 0.6 is 0 Å². The quantitative estimate of drug-likeness (QED) is 0.643. The van der Waals surface area contributed by atoms with Crippen LogP contribution in [-0.2, 0) is 4.84 Å². The van der Waals surface area contributed by atoms with Gasteiger partial charge in [-0.1, -0.05) is 5.16 Å². The van der Waals surface area contributed by atoms with Crippen molar-refractivity contribution in [2.45, 2.75) is 31.8 Å². The number of aliphatic hydroxyl groups excluding tert-OH is 1. The van der Waals surface area contributed by atoms with Crippen molar-refractivity contribution < 1.29 is 9.94 Å². The van der Waals surface area contributed by atoms with Crippen LogP contribution in [-0.4, -0.2) is 24.0 Å².